The van der Waals surface area contributed by atoms with E-state index in [1.54, 1.807) is 13.4 Å². The van der Waals surface area contributed by atoms with Gasteiger partial charge in [0.25, 0.3) is 0 Å². The van der Waals surface area contributed by atoms with E-state index in [4.69, 9.17) is 9.15 Å². The van der Waals surface area contributed by atoms with E-state index < -0.39 is 0 Å². The summed E-state index contributed by atoms with van der Waals surface area (Å²) in [6, 6.07) is 11.6. The molecule has 1 N–H and O–H groups in total. The number of ether oxygens (including phenoxy) is 1. The highest BCUT2D eigenvalue weighted by Gasteiger charge is 2.08. The van der Waals surface area contributed by atoms with Crippen LogP contribution in [0.2, 0.25) is 0 Å². The number of amides is 1. The smallest absolute Gasteiger partial charge is 0.234 e. The fraction of sp³-hybridized carbons (Fsp3) is 0.353. The van der Waals surface area contributed by atoms with Gasteiger partial charge in [-0.3, -0.25) is 9.69 Å². The third-order valence-electron chi connectivity index (χ3n) is 3.31. The second kappa shape index (κ2) is 8.24. The minimum absolute atomic E-state index is 0.0163. The molecule has 0 saturated heterocycles. The van der Waals surface area contributed by atoms with Crippen molar-refractivity contribution in [2.24, 2.45) is 0 Å². The number of carbonyl (C=O) groups excluding carboxylic acids is 1. The number of furan rings is 1. The molecule has 0 aliphatic heterocycles. The molecule has 1 heterocycles. The number of hydrogen-bond donors (Lipinski definition) is 1. The Hall–Kier alpha value is -2.27. The molecular formula is C17H22N2O3. The number of nitrogens with one attached hydrogen (secondary N) is 1. The Morgan fingerprint density at radius 1 is 1.27 bits per heavy atom. The van der Waals surface area contributed by atoms with Crippen LogP contribution in [0.15, 0.2) is 47.1 Å². The largest absolute Gasteiger partial charge is 0.497 e. The standard InChI is InChI=1S/C17H22N2O3/c1-19(12-16-4-3-11-22-16)13-17(20)18-10-9-14-5-7-15(21-2)8-6-14/h3-8,11H,9-10,12-13H2,1-2H3,(H,18,20). The van der Waals surface area contributed by atoms with Crippen LogP contribution in [0.25, 0.3) is 0 Å². The number of methoxy groups -OCH3 is 1. The van der Waals surface area contributed by atoms with Gasteiger partial charge in [0.05, 0.1) is 26.5 Å². The van der Waals surface area contributed by atoms with Crippen molar-refractivity contribution >= 4 is 5.91 Å². The first-order valence-electron chi connectivity index (χ1n) is 7.28. The average molecular weight is 302 g/mol. The molecule has 0 aliphatic carbocycles. The quantitative estimate of drug-likeness (QED) is 0.811. The van der Waals surface area contributed by atoms with Crippen molar-refractivity contribution in [3.05, 3.63) is 54.0 Å². The van der Waals surface area contributed by atoms with Crippen LogP contribution < -0.4 is 10.1 Å². The molecule has 118 valence electrons. The first kappa shape index (κ1) is 16.1. The van der Waals surface area contributed by atoms with Crippen LogP contribution in [0.4, 0.5) is 0 Å². The number of likely N-dealkylation sites (N-methyl/N-ethyl adjacent to an activating group) is 1. The monoisotopic (exact) mass is 302 g/mol. The van der Waals surface area contributed by atoms with Crippen LogP contribution in [0.1, 0.15) is 11.3 Å². The topological polar surface area (TPSA) is 54.7 Å². The van der Waals surface area contributed by atoms with E-state index >= 15 is 0 Å². The Morgan fingerprint density at radius 3 is 2.68 bits per heavy atom. The van der Waals surface area contributed by atoms with Gasteiger partial charge in [0.2, 0.25) is 5.91 Å². The molecule has 5 heteroatoms. The Balaban J connectivity index is 1.66. The minimum atomic E-state index is 0.0163. The molecule has 0 fully saturated rings. The third-order valence-corrected chi connectivity index (χ3v) is 3.31. The van der Waals surface area contributed by atoms with E-state index in [0.29, 0.717) is 19.6 Å². The van der Waals surface area contributed by atoms with E-state index in [0.717, 1.165) is 17.9 Å². The summed E-state index contributed by atoms with van der Waals surface area (Å²) in [5, 5.41) is 2.93. The highest BCUT2D eigenvalue weighted by molar-refractivity contribution is 5.77. The number of nitrogens with zero attached hydrogens (tertiary/aromatic N) is 1. The van der Waals surface area contributed by atoms with Gasteiger partial charge in [-0.15, -0.1) is 0 Å². The van der Waals surface area contributed by atoms with Gasteiger partial charge in [0.15, 0.2) is 0 Å². The Bertz CT molecular complexity index is 564. The van der Waals surface area contributed by atoms with Gasteiger partial charge in [-0.25, -0.2) is 0 Å². The lowest BCUT2D eigenvalue weighted by molar-refractivity contribution is -0.122. The molecule has 2 aromatic rings. The molecule has 0 spiro atoms. The summed E-state index contributed by atoms with van der Waals surface area (Å²) in [5.74, 6) is 1.71. The van der Waals surface area contributed by atoms with Gasteiger partial charge in [0.1, 0.15) is 11.5 Å². The van der Waals surface area contributed by atoms with E-state index in [1.165, 1.54) is 5.56 Å². The molecule has 0 saturated carbocycles. The lowest BCUT2D eigenvalue weighted by Crippen LogP contribution is -2.35. The highest BCUT2D eigenvalue weighted by atomic mass is 16.5. The molecular weight excluding hydrogens is 280 g/mol. The van der Waals surface area contributed by atoms with E-state index in [2.05, 4.69) is 5.32 Å². The summed E-state index contributed by atoms with van der Waals surface area (Å²) in [4.78, 5) is 13.8. The maximum absolute atomic E-state index is 11.9. The molecule has 0 bridgehead atoms. The van der Waals surface area contributed by atoms with Crippen molar-refractivity contribution in [1.29, 1.82) is 0 Å². The highest BCUT2D eigenvalue weighted by Crippen LogP contribution is 2.11. The van der Waals surface area contributed by atoms with Crippen LogP contribution in [0.3, 0.4) is 0 Å². The Morgan fingerprint density at radius 2 is 2.05 bits per heavy atom. The van der Waals surface area contributed by atoms with Crippen molar-refractivity contribution < 1.29 is 13.9 Å². The predicted molar refractivity (Wildman–Crippen MR) is 84.7 cm³/mol. The zero-order valence-electron chi connectivity index (χ0n) is 13.0. The minimum Gasteiger partial charge on any atom is -0.497 e. The lowest BCUT2D eigenvalue weighted by atomic mass is 10.1. The summed E-state index contributed by atoms with van der Waals surface area (Å²) in [6.07, 6.45) is 2.44. The zero-order valence-corrected chi connectivity index (χ0v) is 13.0. The van der Waals surface area contributed by atoms with Gasteiger partial charge < -0.3 is 14.5 Å². The lowest BCUT2D eigenvalue weighted by Gasteiger charge is -2.14. The van der Waals surface area contributed by atoms with Crippen molar-refractivity contribution in [1.82, 2.24) is 10.2 Å². The normalized spacial score (nSPS) is 10.7. The van der Waals surface area contributed by atoms with Crippen LogP contribution >= 0.6 is 0 Å². The number of benzene rings is 1. The molecule has 0 aliphatic rings. The zero-order chi connectivity index (χ0) is 15.8. The van der Waals surface area contributed by atoms with E-state index in [1.807, 2.05) is 48.3 Å². The fourth-order valence-corrected chi connectivity index (χ4v) is 2.16. The second-order valence-corrected chi connectivity index (χ2v) is 5.20. The van der Waals surface area contributed by atoms with E-state index in [-0.39, 0.29) is 5.91 Å². The molecule has 1 aromatic heterocycles. The van der Waals surface area contributed by atoms with Gasteiger partial charge in [-0.2, -0.15) is 0 Å². The van der Waals surface area contributed by atoms with E-state index in [9.17, 15) is 4.79 Å². The Labute approximate surface area is 130 Å². The maximum Gasteiger partial charge on any atom is 0.234 e. The van der Waals surface area contributed by atoms with Crippen molar-refractivity contribution in [2.45, 2.75) is 13.0 Å². The predicted octanol–water partition coefficient (Wildman–Crippen LogP) is 2.08. The molecule has 1 amide bonds. The average Bonchev–Trinajstić information content (AvgIpc) is 3.00. The number of hydrogen-bond acceptors (Lipinski definition) is 4. The second-order valence-electron chi connectivity index (χ2n) is 5.20. The van der Waals surface area contributed by atoms with Gasteiger partial charge in [0, 0.05) is 6.54 Å². The summed E-state index contributed by atoms with van der Waals surface area (Å²) < 4.78 is 10.4. The molecule has 5 nitrogen and oxygen atoms in total. The molecule has 22 heavy (non-hydrogen) atoms. The summed E-state index contributed by atoms with van der Waals surface area (Å²) in [6.45, 7) is 1.60. The van der Waals surface area contributed by atoms with Crippen molar-refractivity contribution in [3.63, 3.8) is 0 Å². The third kappa shape index (κ3) is 5.26. The number of carbonyl (C=O) groups is 1. The summed E-state index contributed by atoms with van der Waals surface area (Å²) >= 11 is 0. The fourth-order valence-electron chi connectivity index (χ4n) is 2.16. The van der Waals surface area contributed by atoms with Crippen molar-refractivity contribution in [3.8, 4) is 5.75 Å². The molecule has 0 atom stereocenters. The first-order chi connectivity index (χ1) is 10.7. The molecule has 0 radical (unpaired) electrons. The van der Waals surface area contributed by atoms with Gasteiger partial charge in [-0.1, -0.05) is 12.1 Å². The molecule has 1 aromatic carbocycles. The molecule has 2 rings (SSSR count). The first-order valence-corrected chi connectivity index (χ1v) is 7.28. The van der Waals surface area contributed by atoms with Crippen LogP contribution in [-0.4, -0.2) is 38.1 Å². The van der Waals surface area contributed by atoms with Gasteiger partial charge >= 0.3 is 0 Å². The van der Waals surface area contributed by atoms with Crippen LogP contribution in [0.5, 0.6) is 5.75 Å². The number of rotatable bonds is 8. The van der Waals surface area contributed by atoms with Crippen molar-refractivity contribution in [2.75, 3.05) is 27.2 Å². The van der Waals surface area contributed by atoms with Gasteiger partial charge in [-0.05, 0) is 43.3 Å². The van der Waals surface area contributed by atoms with Crippen LogP contribution in [-0.2, 0) is 17.8 Å². The SMILES string of the molecule is COc1ccc(CCNC(=O)CN(C)Cc2ccco2)cc1. The molecule has 0 unspecified atom stereocenters. The summed E-state index contributed by atoms with van der Waals surface area (Å²) in [5.41, 5.74) is 1.17. The maximum atomic E-state index is 11.9. The summed E-state index contributed by atoms with van der Waals surface area (Å²) in [7, 11) is 3.54. The Kier molecular flexibility index (Phi) is 6.03. The van der Waals surface area contributed by atoms with Crippen LogP contribution in [0, 0.1) is 0 Å².